The molecule has 0 bridgehead atoms. The standard InChI is InChI=1S/C15H15FN2O2/c1-20-12-4-2-3-10(7-12)9-18-15(19)13-6-5-11(17)8-14(13)16/h2-8H,9,17H2,1H3,(H,18,19). The average molecular weight is 274 g/mol. The van der Waals surface area contributed by atoms with Crippen molar-refractivity contribution in [3.05, 3.63) is 59.4 Å². The Kier molecular flexibility index (Phi) is 4.20. The first-order valence-electron chi connectivity index (χ1n) is 6.06. The number of amides is 1. The molecular weight excluding hydrogens is 259 g/mol. The Morgan fingerprint density at radius 1 is 1.30 bits per heavy atom. The van der Waals surface area contributed by atoms with E-state index in [1.807, 2.05) is 18.2 Å². The molecule has 0 aliphatic carbocycles. The molecule has 4 nitrogen and oxygen atoms in total. The van der Waals surface area contributed by atoms with Gasteiger partial charge in [-0.3, -0.25) is 4.79 Å². The number of nitrogens with two attached hydrogens (primary N) is 1. The van der Waals surface area contributed by atoms with E-state index >= 15 is 0 Å². The number of hydrogen-bond donors (Lipinski definition) is 2. The van der Waals surface area contributed by atoms with Gasteiger partial charge in [-0.2, -0.15) is 0 Å². The minimum absolute atomic E-state index is 0.0258. The Balaban J connectivity index is 2.04. The van der Waals surface area contributed by atoms with Crippen LogP contribution in [0.25, 0.3) is 0 Å². The molecular formula is C15H15FN2O2. The summed E-state index contributed by atoms with van der Waals surface area (Å²) in [5, 5.41) is 2.65. The van der Waals surface area contributed by atoms with Crippen molar-refractivity contribution >= 4 is 11.6 Å². The highest BCUT2D eigenvalue weighted by molar-refractivity contribution is 5.94. The van der Waals surface area contributed by atoms with Crippen molar-refractivity contribution in [3.63, 3.8) is 0 Å². The fraction of sp³-hybridized carbons (Fsp3) is 0.133. The lowest BCUT2D eigenvalue weighted by atomic mass is 10.1. The van der Waals surface area contributed by atoms with E-state index in [0.29, 0.717) is 12.3 Å². The van der Waals surface area contributed by atoms with Crippen LogP contribution in [0.15, 0.2) is 42.5 Å². The van der Waals surface area contributed by atoms with E-state index in [0.717, 1.165) is 11.6 Å². The number of methoxy groups -OCH3 is 1. The Bertz CT molecular complexity index is 629. The molecule has 1 amide bonds. The number of nitrogen functional groups attached to an aromatic ring is 1. The normalized spacial score (nSPS) is 10.1. The van der Waals surface area contributed by atoms with Gasteiger partial charge in [-0.15, -0.1) is 0 Å². The summed E-state index contributed by atoms with van der Waals surface area (Å²) in [6, 6.07) is 11.3. The molecule has 3 N–H and O–H groups in total. The van der Waals surface area contributed by atoms with E-state index < -0.39 is 11.7 Å². The third kappa shape index (κ3) is 3.26. The highest BCUT2D eigenvalue weighted by Crippen LogP contribution is 2.14. The van der Waals surface area contributed by atoms with Gasteiger partial charge in [0.05, 0.1) is 12.7 Å². The van der Waals surface area contributed by atoms with Crippen molar-refractivity contribution in [2.75, 3.05) is 12.8 Å². The zero-order valence-corrected chi connectivity index (χ0v) is 11.0. The Morgan fingerprint density at radius 2 is 2.10 bits per heavy atom. The minimum atomic E-state index is -0.631. The lowest BCUT2D eigenvalue weighted by Crippen LogP contribution is -2.23. The van der Waals surface area contributed by atoms with Crippen LogP contribution < -0.4 is 15.8 Å². The van der Waals surface area contributed by atoms with Crippen LogP contribution in [-0.2, 0) is 6.54 Å². The van der Waals surface area contributed by atoms with Crippen molar-refractivity contribution in [1.82, 2.24) is 5.32 Å². The summed E-state index contributed by atoms with van der Waals surface area (Å²) in [4.78, 5) is 11.9. The van der Waals surface area contributed by atoms with E-state index in [4.69, 9.17) is 10.5 Å². The van der Waals surface area contributed by atoms with Crippen LogP contribution in [0.3, 0.4) is 0 Å². The second kappa shape index (κ2) is 6.06. The SMILES string of the molecule is COc1cccc(CNC(=O)c2ccc(N)cc2F)c1. The van der Waals surface area contributed by atoms with Crippen molar-refractivity contribution in [2.24, 2.45) is 0 Å². The van der Waals surface area contributed by atoms with E-state index in [9.17, 15) is 9.18 Å². The highest BCUT2D eigenvalue weighted by atomic mass is 19.1. The van der Waals surface area contributed by atoms with Gasteiger partial charge in [0.1, 0.15) is 11.6 Å². The van der Waals surface area contributed by atoms with Gasteiger partial charge < -0.3 is 15.8 Å². The van der Waals surface area contributed by atoms with Gasteiger partial charge in [-0.05, 0) is 35.9 Å². The number of carbonyl (C=O) groups excluding carboxylic acids is 1. The van der Waals surface area contributed by atoms with Gasteiger partial charge in [0.15, 0.2) is 0 Å². The fourth-order valence-corrected chi connectivity index (χ4v) is 1.78. The molecule has 0 aliphatic rings. The largest absolute Gasteiger partial charge is 0.497 e. The smallest absolute Gasteiger partial charge is 0.254 e. The first kappa shape index (κ1) is 13.9. The number of anilines is 1. The Labute approximate surface area is 116 Å². The van der Waals surface area contributed by atoms with Crippen molar-refractivity contribution in [2.45, 2.75) is 6.54 Å². The van der Waals surface area contributed by atoms with Crippen LogP contribution in [0.1, 0.15) is 15.9 Å². The van der Waals surface area contributed by atoms with Gasteiger partial charge in [-0.25, -0.2) is 4.39 Å². The molecule has 0 spiro atoms. The van der Waals surface area contributed by atoms with Crippen LogP contribution in [0.4, 0.5) is 10.1 Å². The molecule has 0 aliphatic heterocycles. The molecule has 0 saturated heterocycles. The van der Waals surface area contributed by atoms with Crippen molar-refractivity contribution in [1.29, 1.82) is 0 Å². The van der Waals surface area contributed by atoms with E-state index in [2.05, 4.69) is 5.32 Å². The summed E-state index contributed by atoms with van der Waals surface area (Å²) in [6.45, 7) is 0.292. The zero-order chi connectivity index (χ0) is 14.5. The second-order valence-electron chi connectivity index (χ2n) is 4.27. The molecule has 0 heterocycles. The van der Waals surface area contributed by atoms with Crippen molar-refractivity contribution in [3.8, 4) is 5.75 Å². The number of carbonyl (C=O) groups is 1. The van der Waals surface area contributed by atoms with Gasteiger partial charge in [0.2, 0.25) is 0 Å². The Hall–Kier alpha value is -2.56. The quantitative estimate of drug-likeness (QED) is 0.841. The van der Waals surface area contributed by atoms with Gasteiger partial charge in [-0.1, -0.05) is 12.1 Å². The summed E-state index contributed by atoms with van der Waals surface area (Å²) in [7, 11) is 1.57. The number of ether oxygens (including phenoxy) is 1. The lowest BCUT2D eigenvalue weighted by Gasteiger charge is -2.08. The number of halogens is 1. The predicted molar refractivity (Wildman–Crippen MR) is 75.0 cm³/mol. The highest BCUT2D eigenvalue weighted by Gasteiger charge is 2.11. The third-order valence-corrected chi connectivity index (χ3v) is 2.82. The lowest BCUT2D eigenvalue weighted by molar-refractivity contribution is 0.0947. The number of benzene rings is 2. The molecule has 0 aromatic heterocycles. The molecule has 20 heavy (non-hydrogen) atoms. The molecule has 0 saturated carbocycles. The fourth-order valence-electron chi connectivity index (χ4n) is 1.78. The van der Waals surface area contributed by atoms with Gasteiger partial charge in [0.25, 0.3) is 5.91 Å². The molecule has 0 fully saturated rings. The molecule has 2 aromatic rings. The van der Waals surface area contributed by atoms with Crippen LogP contribution in [0, 0.1) is 5.82 Å². The summed E-state index contributed by atoms with van der Waals surface area (Å²) in [5.74, 6) is -0.408. The zero-order valence-electron chi connectivity index (χ0n) is 11.0. The summed E-state index contributed by atoms with van der Waals surface area (Å²) < 4.78 is 18.7. The second-order valence-corrected chi connectivity index (χ2v) is 4.27. The molecule has 0 atom stereocenters. The topological polar surface area (TPSA) is 64.3 Å². The molecule has 5 heteroatoms. The first-order valence-corrected chi connectivity index (χ1v) is 6.06. The Morgan fingerprint density at radius 3 is 2.80 bits per heavy atom. The first-order chi connectivity index (χ1) is 9.60. The maximum absolute atomic E-state index is 13.6. The maximum atomic E-state index is 13.6. The van der Waals surface area contributed by atoms with Gasteiger partial charge in [0, 0.05) is 12.2 Å². The average Bonchev–Trinajstić information content (AvgIpc) is 2.45. The number of rotatable bonds is 4. The number of hydrogen-bond acceptors (Lipinski definition) is 3. The molecule has 2 rings (SSSR count). The number of nitrogens with one attached hydrogen (secondary N) is 1. The van der Waals surface area contributed by atoms with E-state index in [1.54, 1.807) is 13.2 Å². The van der Waals surface area contributed by atoms with E-state index in [-0.39, 0.29) is 11.3 Å². The molecule has 0 radical (unpaired) electrons. The molecule has 104 valence electrons. The monoisotopic (exact) mass is 274 g/mol. The van der Waals surface area contributed by atoms with Crippen LogP contribution in [0.5, 0.6) is 5.75 Å². The minimum Gasteiger partial charge on any atom is -0.497 e. The predicted octanol–water partition coefficient (Wildman–Crippen LogP) is 2.35. The summed E-state index contributed by atoms with van der Waals surface area (Å²) >= 11 is 0. The van der Waals surface area contributed by atoms with Crippen LogP contribution >= 0.6 is 0 Å². The van der Waals surface area contributed by atoms with Crippen LogP contribution in [-0.4, -0.2) is 13.0 Å². The van der Waals surface area contributed by atoms with Gasteiger partial charge >= 0.3 is 0 Å². The summed E-state index contributed by atoms with van der Waals surface area (Å²) in [6.07, 6.45) is 0. The summed E-state index contributed by atoms with van der Waals surface area (Å²) in [5.41, 5.74) is 6.57. The molecule has 2 aromatic carbocycles. The van der Waals surface area contributed by atoms with Crippen LogP contribution in [0.2, 0.25) is 0 Å². The third-order valence-electron chi connectivity index (χ3n) is 2.82. The van der Waals surface area contributed by atoms with Crippen molar-refractivity contribution < 1.29 is 13.9 Å². The maximum Gasteiger partial charge on any atom is 0.254 e. The van der Waals surface area contributed by atoms with E-state index in [1.165, 1.54) is 12.1 Å². The molecule has 0 unspecified atom stereocenters.